The Balaban J connectivity index is 1.38. The van der Waals surface area contributed by atoms with E-state index in [1.165, 1.54) is 64.2 Å². The number of hydrogen-bond donors (Lipinski definition) is 0. The van der Waals surface area contributed by atoms with Crippen LogP contribution < -0.4 is 4.74 Å². The molecular formula is C28H42N2O2S. The topological polar surface area (TPSA) is 52.1 Å². The minimum Gasteiger partial charge on any atom is -0.426 e. The fourth-order valence-electron chi connectivity index (χ4n) is 4.84. The third-order valence-corrected chi connectivity index (χ3v) is 7.94. The standard InChI is InChI=1S/C28H42N2O2S/c1-3-5-6-7-8-9-10-11-13-26-29-30-27(33-26)23-18-20-25(21-19-23)32-28(31)24-16-14-22(12-4-2)15-17-24/h18-22,24H,3-17H2,1-2H3/t22-,24-. The zero-order chi connectivity index (χ0) is 23.3. The van der Waals surface area contributed by atoms with Gasteiger partial charge in [0.05, 0.1) is 5.92 Å². The van der Waals surface area contributed by atoms with Gasteiger partial charge in [-0.05, 0) is 62.3 Å². The molecular weight excluding hydrogens is 428 g/mol. The summed E-state index contributed by atoms with van der Waals surface area (Å²) in [7, 11) is 0. The van der Waals surface area contributed by atoms with Gasteiger partial charge in [0.15, 0.2) is 0 Å². The third kappa shape index (κ3) is 8.84. The molecule has 182 valence electrons. The van der Waals surface area contributed by atoms with Gasteiger partial charge in [-0.2, -0.15) is 0 Å². The van der Waals surface area contributed by atoms with Crippen LogP contribution in [-0.2, 0) is 11.2 Å². The van der Waals surface area contributed by atoms with Crippen LogP contribution >= 0.6 is 11.3 Å². The molecule has 0 radical (unpaired) electrons. The van der Waals surface area contributed by atoms with Crippen molar-refractivity contribution in [2.45, 2.75) is 110 Å². The lowest BCUT2D eigenvalue weighted by Crippen LogP contribution is -2.25. The largest absolute Gasteiger partial charge is 0.426 e. The molecule has 0 N–H and O–H groups in total. The van der Waals surface area contributed by atoms with Gasteiger partial charge >= 0.3 is 5.97 Å². The normalized spacial score (nSPS) is 18.4. The van der Waals surface area contributed by atoms with E-state index in [4.69, 9.17) is 4.74 Å². The van der Waals surface area contributed by atoms with E-state index in [1.807, 2.05) is 24.3 Å². The molecule has 1 fully saturated rings. The Morgan fingerprint density at radius 2 is 1.55 bits per heavy atom. The van der Waals surface area contributed by atoms with Crippen LogP contribution in [0.4, 0.5) is 0 Å². The Bertz CT molecular complexity index is 810. The molecule has 1 aliphatic carbocycles. The van der Waals surface area contributed by atoms with Crippen LogP contribution in [0.25, 0.3) is 10.6 Å². The summed E-state index contributed by atoms with van der Waals surface area (Å²) < 4.78 is 5.68. The SMILES string of the molecule is CCCCCCCCCCc1nnc(-c2ccc(OC(=O)[C@H]3CC[C@H](CCC)CC3)cc2)s1. The van der Waals surface area contributed by atoms with Crippen LogP contribution in [0.1, 0.15) is 109 Å². The van der Waals surface area contributed by atoms with E-state index >= 15 is 0 Å². The summed E-state index contributed by atoms with van der Waals surface area (Å²) >= 11 is 1.68. The highest BCUT2D eigenvalue weighted by atomic mass is 32.1. The molecule has 0 unspecified atom stereocenters. The minimum absolute atomic E-state index is 0.0554. The maximum atomic E-state index is 12.6. The van der Waals surface area contributed by atoms with Gasteiger partial charge in [0, 0.05) is 12.0 Å². The van der Waals surface area contributed by atoms with E-state index in [-0.39, 0.29) is 11.9 Å². The van der Waals surface area contributed by atoms with Gasteiger partial charge in [-0.1, -0.05) is 83.0 Å². The van der Waals surface area contributed by atoms with Crippen molar-refractivity contribution >= 4 is 17.3 Å². The summed E-state index contributed by atoms with van der Waals surface area (Å²) in [5.74, 6) is 1.41. The molecule has 5 heteroatoms. The number of aromatic nitrogens is 2. The number of benzene rings is 1. The lowest BCUT2D eigenvalue weighted by molar-refractivity contribution is -0.140. The van der Waals surface area contributed by atoms with Gasteiger partial charge in [-0.3, -0.25) is 4.79 Å². The molecule has 1 saturated carbocycles. The summed E-state index contributed by atoms with van der Waals surface area (Å²) in [5.41, 5.74) is 1.04. The van der Waals surface area contributed by atoms with Crippen LogP contribution in [0.15, 0.2) is 24.3 Å². The lowest BCUT2D eigenvalue weighted by atomic mass is 9.80. The molecule has 0 spiro atoms. The molecule has 1 aromatic carbocycles. The van der Waals surface area contributed by atoms with E-state index < -0.39 is 0 Å². The van der Waals surface area contributed by atoms with E-state index in [0.29, 0.717) is 5.75 Å². The van der Waals surface area contributed by atoms with Crippen LogP contribution in [0, 0.1) is 11.8 Å². The first kappa shape index (κ1) is 25.9. The summed E-state index contributed by atoms with van der Waals surface area (Å²) in [6, 6.07) is 7.74. The van der Waals surface area contributed by atoms with Gasteiger partial charge in [0.1, 0.15) is 15.8 Å². The van der Waals surface area contributed by atoms with Gasteiger partial charge in [-0.25, -0.2) is 0 Å². The van der Waals surface area contributed by atoms with E-state index in [2.05, 4.69) is 24.0 Å². The van der Waals surface area contributed by atoms with Crippen LogP contribution in [0.3, 0.4) is 0 Å². The zero-order valence-corrected chi connectivity index (χ0v) is 21.5. The second-order valence-electron chi connectivity index (χ2n) is 9.68. The quantitative estimate of drug-likeness (QED) is 0.158. The van der Waals surface area contributed by atoms with E-state index in [9.17, 15) is 4.79 Å². The van der Waals surface area contributed by atoms with Gasteiger partial charge in [0.25, 0.3) is 0 Å². The predicted octanol–water partition coefficient (Wildman–Crippen LogP) is 8.40. The zero-order valence-electron chi connectivity index (χ0n) is 20.7. The average Bonchev–Trinajstić information content (AvgIpc) is 3.31. The highest BCUT2D eigenvalue weighted by Crippen LogP contribution is 2.33. The summed E-state index contributed by atoms with van der Waals surface area (Å²) in [4.78, 5) is 12.6. The monoisotopic (exact) mass is 470 g/mol. The maximum absolute atomic E-state index is 12.6. The number of ether oxygens (including phenoxy) is 1. The number of nitrogens with zero attached hydrogens (tertiary/aromatic N) is 2. The maximum Gasteiger partial charge on any atom is 0.314 e. The van der Waals surface area contributed by atoms with Gasteiger partial charge in [-0.15, -0.1) is 10.2 Å². The summed E-state index contributed by atoms with van der Waals surface area (Å²) in [5, 5.41) is 10.8. The average molecular weight is 471 g/mol. The van der Waals surface area contributed by atoms with Crippen molar-refractivity contribution in [3.63, 3.8) is 0 Å². The molecule has 2 aromatic rings. The first-order valence-corrected chi connectivity index (χ1v) is 14.2. The molecule has 0 amide bonds. The number of rotatable bonds is 14. The van der Waals surface area contributed by atoms with Crippen molar-refractivity contribution in [1.29, 1.82) is 0 Å². The Hall–Kier alpha value is -1.75. The number of aryl methyl sites for hydroxylation is 1. The molecule has 0 saturated heterocycles. The summed E-state index contributed by atoms with van der Waals surface area (Å²) in [6.45, 7) is 4.50. The highest BCUT2D eigenvalue weighted by molar-refractivity contribution is 7.14. The van der Waals surface area contributed by atoms with Crippen LogP contribution in [0.5, 0.6) is 5.75 Å². The van der Waals surface area contributed by atoms with Gasteiger partial charge in [0.2, 0.25) is 0 Å². The molecule has 1 aliphatic rings. The Morgan fingerprint density at radius 3 is 2.21 bits per heavy atom. The first-order valence-electron chi connectivity index (χ1n) is 13.3. The second-order valence-corrected chi connectivity index (χ2v) is 10.7. The molecule has 0 aliphatic heterocycles. The van der Waals surface area contributed by atoms with Crippen molar-refractivity contribution in [2.75, 3.05) is 0 Å². The molecule has 0 atom stereocenters. The van der Waals surface area contributed by atoms with Crippen molar-refractivity contribution in [3.8, 4) is 16.3 Å². The molecule has 33 heavy (non-hydrogen) atoms. The number of unbranched alkanes of at least 4 members (excludes halogenated alkanes) is 7. The number of carbonyl (C=O) groups excluding carboxylic acids is 1. The fraction of sp³-hybridized carbons (Fsp3) is 0.679. The fourth-order valence-corrected chi connectivity index (χ4v) is 5.73. The number of esters is 1. The third-order valence-electron chi connectivity index (χ3n) is 6.91. The van der Waals surface area contributed by atoms with Crippen molar-refractivity contribution in [1.82, 2.24) is 10.2 Å². The van der Waals surface area contributed by atoms with Crippen molar-refractivity contribution in [2.24, 2.45) is 11.8 Å². The predicted molar refractivity (Wildman–Crippen MR) is 138 cm³/mol. The van der Waals surface area contributed by atoms with E-state index in [1.54, 1.807) is 11.3 Å². The highest BCUT2D eigenvalue weighted by Gasteiger charge is 2.27. The van der Waals surface area contributed by atoms with Crippen molar-refractivity contribution in [3.05, 3.63) is 29.3 Å². The van der Waals surface area contributed by atoms with Gasteiger partial charge < -0.3 is 4.74 Å². The Morgan fingerprint density at radius 1 is 0.879 bits per heavy atom. The Kier molecular flexibility index (Phi) is 11.4. The number of hydrogen-bond acceptors (Lipinski definition) is 5. The smallest absolute Gasteiger partial charge is 0.314 e. The molecule has 1 aromatic heterocycles. The van der Waals surface area contributed by atoms with E-state index in [0.717, 1.165) is 53.6 Å². The summed E-state index contributed by atoms with van der Waals surface area (Å²) in [6.07, 6.45) is 18.4. The van der Waals surface area contributed by atoms with Crippen LogP contribution in [-0.4, -0.2) is 16.2 Å². The molecule has 0 bridgehead atoms. The van der Waals surface area contributed by atoms with Crippen LogP contribution in [0.2, 0.25) is 0 Å². The first-order chi connectivity index (χ1) is 16.2. The van der Waals surface area contributed by atoms with Crippen molar-refractivity contribution < 1.29 is 9.53 Å². The number of carbonyl (C=O) groups is 1. The molecule has 1 heterocycles. The minimum atomic E-state index is -0.0683. The Labute approximate surface area is 204 Å². The second kappa shape index (κ2) is 14.5. The lowest BCUT2D eigenvalue weighted by Gasteiger charge is -2.26. The molecule has 4 nitrogen and oxygen atoms in total. The molecule has 3 rings (SSSR count).